The smallest absolute Gasteiger partial charge is 0.338 e. The summed E-state index contributed by atoms with van der Waals surface area (Å²) in [6, 6.07) is 13.0. The number of carbonyl (C=O) groups is 1. The van der Waals surface area contributed by atoms with Gasteiger partial charge < -0.3 is 9.15 Å². The van der Waals surface area contributed by atoms with Crippen molar-refractivity contribution in [1.82, 2.24) is 4.98 Å². The highest BCUT2D eigenvalue weighted by Gasteiger charge is 2.13. The normalized spacial score (nSPS) is 10.7. The zero-order valence-corrected chi connectivity index (χ0v) is 15.4. The summed E-state index contributed by atoms with van der Waals surface area (Å²) in [6.45, 7) is 1.91. The van der Waals surface area contributed by atoms with Crippen molar-refractivity contribution in [1.29, 1.82) is 0 Å². The van der Waals surface area contributed by atoms with Gasteiger partial charge >= 0.3 is 5.97 Å². The van der Waals surface area contributed by atoms with Crippen LogP contribution in [-0.2, 0) is 10.5 Å². The standard InChI is InChI=1S/C19H16ClNO3S/c1-12-15(19(22)23-2)4-3-5-17(12)25-11-18-21-10-16(24-18)13-6-8-14(20)9-7-13/h3-10H,11H2,1-2H3. The summed E-state index contributed by atoms with van der Waals surface area (Å²) in [5.41, 5.74) is 2.39. The number of esters is 1. The Kier molecular flexibility index (Phi) is 5.46. The maximum absolute atomic E-state index is 11.8. The van der Waals surface area contributed by atoms with Gasteiger partial charge in [0.05, 0.1) is 24.6 Å². The van der Waals surface area contributed by atoms with Crippen molar-refractivity contribution < 1.29 is 13.9 Å². The van der Waals surface area contributed by atoms with Crippen molar-refractivity contribution in [2.24, 2.45) is 0 Å². The van der Waals surface area contributed by atoms with Gasteiger partial charge in [-0.3, -0.25) is 0 Å². The largest absolute Gasteiger partial charge is 0.465 e. The van der Waals surface area contributed by atoms with Crippen LogP contribution < -0.4 is 0 Å². The van der Waals surface area contributed by atoms with E-state index in [0.717, 1.165) is 16.0 Å². The summed E-state index contributed by atoms with van der Waals surface area (Å²) in [5, 5.41) is 0.681. The SMILES string of the molecule is COC(=O)c1cccc(SCc2ncc(-c3ccc(Cl)cc3)o2)c1C. The number of hydrogen-bond donors (Lipinski definition) is 0. The highest BCUT2D eigenvalue weighted by Crippen LogP contribution is 2.29. The minimum atomic E-state index is -0.332. The van der Waals surface area contributed by atoms with E-state index in [9.17, 15) is 4.79 Å². The fraction of sp³-hybridized carbons (Fsp3) is 0.158. The number of hydrogen-bond acceptors (Lipinski definition) is 5. The van der Waals surface area contributed by atoms with E-state index >= 15 is 0 Å². The van der Waals surface area contributed by atoms with Gasteiger partial charge in [-0.2, -0.15) is 0 Å². The Hall–Kier alpha value is -2.24. The molecule has 0 unspecified atom stereocenters. The topological polar surface area (TPSA) is 52.3 Å². The average Bonchev–Trinajstić information content (AvgIpc) is 3.10. The van der Waals surface area contributed by atoms with Crippen LogP contribution in [0.3, 0.4) is 0 Å². The lowest BCUT2D eigenvalue weighted by Gasteiger charge is -2.08. The second-order valence-corrected chi connectivity index (χ2v) is 6.79. The van der Waals surface area contributed by atoms with Crippen molar-refractivity contribution in [3.63, 3.8) is 0 Å². The Bertz CT molecular complexity index is 890. The number of rotatable bonds is 5. The van der Waals surface area contributed by atoms with Crippen LogP contribution in [0.1, 0.15) is 21.8 Å². The van der Waals surface area contributed by atoms with E-state index in [2.05, 4.69) is 4.98 Å². The number of halogens is 1. The number of methoxy groups -OCH3 is 1. The number of aromatic nitrogens is 1. The molecule has 1 heterocycles. The molecule has 0 spiro atoms. The molecule has 2 aromatic carbocycles. The zero-order chi connectivity index (χ0) is 17.8. The van der Waals surface area contributed by atoms with Crippen molar-refractivity contribution in [3.05, 3.63) is 70.7 Å². The third-order valence-electron chi connectivity index (χ3n) is 3.72. The zero-order valence-electron chi connectivity index (χ0n) is 13.8. The molecule has 25 heavy (non-hydrogen) atoms. The first-order valence-electron chi connectivity index (χ1n) is 7.60. The summed E-state index contributed by atoms with van der Waals surface area (Å²) in [5.74, 6) is 1.56. The van der Waals surface area contributed by atoms with E-state index in [1.807, 2.05) is 43.3 Å². The van der Waals surface area contributed by atoms with Gasteiger partial charge in [-0.1, -0.05) is 17.7 Å². The highest BCUT2D eigenvalue weighted by molar-refractivity contribution is 7.98. The molecule has 4 nitrogen and oxygen atoms in total. The van der Waals surface area contributed by atoms with Crippen molar-refractivity contribution >= 4 is 29.3 Å². The fourth-order valence-electron chi connectivity index (χ4n) is 2.37. The van der Waals surface area contributed by atoms with Crippen LogP contribution in [0.4, 0.5) is 0 Å². The van der Waals surface area contributed by atoms with Crippen LogP contribution in [-0.4, -0.2) is 18.1 Å². The molecule has 0 atom stereocenters. The molecule has 6 heteroatoms. The van der Waals surface area contributed by atoms with Gasteiger partial charge in [-0.05, 0) is 48.9 Å². The molecule has 128 valence electrons. The second kappa shape index (κ2) is 7.76. The predicted octanol–water partition coefficient (Wildman–Crippen LogP) is 5.38. The Balaban J connectivity index is 1.72. The van der Waals surface area contributed by atoms with E-state index in [-0.39, 0.29) is 5.97 Å². The molecular weight excluding hydrogens is 358 g/mol. The number of carbonyl (C=O) groups excluding carboxylic acids is 1. The van der Waals surface area contributed by atoms with E-state index in [0.29, 0.717) is 28.0 Å². The van der Waals surface area contributed by atoms with Crippen molar-refractivity contribution in [2.75, 3.05) is 7.11 Å². The van der Waals surface area contributed by atoms with Crippen LogP contribution in [0, 0.1) is 6.92 Å². The predicted molar refractivity (Wildman–Crippen MR) is 99.0 cm³/mol. The molecule has 0 N–H and O–H groups in total. The fourth-order valence-corrected chi connectivity index (χ4v) is 3.41. The molecule has 0 fully saturated rings. The molecule has 3 rings (SSSR count). The van der Waals surface area contributed by atoms with Gasteiger partial charge in [-0.15, -0.1) is 11.8 Å². The third kappa shape index (κ3) is 4.06. The Labute approximate surface area is 155 Å². The first-order valence-corrected chi connectivity index (χ1v) is 8.96. The molecule has 0 aliphatic carbocycles. The number of thioether (sulfide) groups is 1. The Morgan fingerprint density at radius 2 is 2.00 bits per heavy atom. The molecule has 0 aliphatic heterocycles. The molecule has 0 aliphatic rings. The molecule has 0 radical (unpaired) electrons. The maximum atomic E-state index is 11.8. The van der Waals surface area contributed by atoms with Gasteiger partial charge in [0, 0.05) is 15.5 Å². The monoisotopic (exact) mass is 373 g/mol. The maximum Gasteiger partial charge on any atom is 0.338 e. The molecule has 0 amide bonds. The van der Waals surface area contributed by atoms with Gasteiger partial charge in [0.1, 0.15) is 0 Å². The van der Waals surface area contributed by atoms with Crippen molar-refractivity contribution in [2.45, 2.75) is 17.6 Å². The summed E-state index contributed by atoms with van der Waals surface area (Å²) in [6.07, 6.45) is 1.71. The molecule has 0 saturated heterocycles. The molecule has 1 aromatic heterocycles. The van der Waals surface area contributed by atoms with Gasteiger partial charge in [0.25, 0.3) is 0 Å². The molecular formula is C19H16ClNO3S. The third-order valence-corrected chi connectivity index (χ3v) is 5.12. The van der Waals surface area contributed by atoms with Crippen LogP contribution in [0.2, 0.25) is 5.02 Å². The minimum Gasteiger partial charge on any atom is -0.465 e. The lowest BCUT2D eigenvalue weighted by atomic mass is 10.1. The number of nitrogens with zero attached hydrogens (tertiary/aromatic N) is 1. The van der Waals surface area contributed by atoms with Crippen molar-refractivity contribution in [3.8, 4) is 11.3 Å². The van der Waals surface area contributed by atoms with Crippen LogP contribution in [0.5, 0.6) is 0 Å². The number of oxazole rings is 1. The quantitative estimate of drug-likeness (QED) is 0.443. The first-order chi connectivity index (χ1) is 12.1. The lowest BCUT2D eigenvalue weighted by molar-refractivity contribution is 0.0599. The van der Waals surface area contributed by atoms with Crippen LogP contribution in [0.25, 0.3) is 11.3 Å². The van der Waals surface area contributed by atoms with E-state index in [1.54, 1.807) is 24.0 Å². The van der Waals surface area contributed by atoms with Crippen LogP contribution >= 0.6 is 23.4 Å². The van der Waals surface area contributed by atoms with Crippen LogP contribution in [0.15, 0.2) is 58.0 Å². The summed E-state index contributed by atoms with van der Waals surface area (Å²) in [7, 11) is 1.38. The summed E-state index contributed by atoms with van der Waals surface area (Å²) >= 11 is 7.47. The molecule has 0 saturated carbocycles. The van der Waals surface area contributed by atoms with E-state index < -0.39 is 0 Å². The highest BCUT2D eigenvalue weighted by atomic mass is 35.5. The Morgan fingerprint density at radius 3 is 2.72 bits per heavy atom. The lowest BCUT2D eigenvalue weighted by Crippen LogP contribution is -2.04. The summed E-state index contributed by atoms with van der Waals surface area (Å²) in [4.78, 5) is 17.1. The summed E-state index contributed by atoms with van der Waals surface area (Å²) < 4.78 is 10.6. The number of ether oxygens (including phenoxy) is 1. The van der Waals surface area contributed by atoms with Gasteiger partial charge in [0.15, 0.2) is 5.76 Å². The van der Waals surface area contributed by atoms with Gasteiger partial charge in [0.2, 0.25) is 5.89 Å². The number of benzene rings is 2. The van der Waals surface area contributed by atoms with Gasteiger partial charge in [-0.25, -0.2) is 9.78 Å². The first kappa shape index (κ1) is 17.6. The minimum absolute atomic E-state index is 0.332. The average molecular weight is 374 g/mol. The second-order valence-electron chi connectivity index (χ2n) is 5.33. The Morgan fingerprint density at radius 1 is 1.24 bits per heavy atom. The molecule has 0 bridgehead atoms. The molecule has 3 aromatic rings. The van der Waals surface area contributed by atoms with E-state index in [1.165, 1.54) is 7.11 Å². The van der Waals surface area contributed by atoms with E-state index in [4.69, 9.17) is 20.8 Å².